The minimum absolute atomic E-state index is 0.0158. The molecule has 0 aliphatic rings. The second kappa shape index (κ2) is 6.23. The fraction of sp³-hybridized carbons (Fsp3) is 0.0714. The van der Waals surface area contributed by atoms with E-state index in [0.717, 1.165) is 0 Å². The molecule has 0 bridgehead atoms. The molecule has 1 amide bonds. The van der Waals surface area contributed by atoms with Gasteiger partial charge >= 0.3 is 0 Å². The second-order valence-corrected chi connectivity index (χ2v) is 4.77. The van der Waals surface area contributed by atoms with Gasteiger partial charge in [-0.1, -0.05) is 17.7 Å². The Morgan fingerprint density at radius 2 is 2.05 bits per heavy atom. The van der Waals surface area contributed by atoms with E-state index in [2.05, 4.69) is 5.32 Å². The predicted molar refractivity (Wildman–Crippen MR) is 80.4 cm³/mol. The van der Waals surface area contributed by atoms with Crippen LogP contribution in [0.3, 0.4) is 0 Å². The number of nitrogens with zero attached hydrogens (tertiary/aromatic N) is 1. The Morgan fingerprint density at radius 1 is 1.29 bits per heavy atom. The molecule has 0 radical (unpaired) electrons. The lowest BCUT2D eigenvalue weighted by atomic mass is 10.1. The molecule has 0 aliphatic heterocycles. The molecular formula is C14H12ClN3O3. The number of amides is 1. The number of anilines is 1. The molecule has 3 N–H and O–H groups in total. The Morgan fingerprint density at radius 3 is 2.71 bits per heavy atom. The molecule has 2 aromatic carbocycles. The summed E-state index contributed by atoms with van der Waals surface area (Å²) in [6.45, 7) is 0.207. The number of halogens is 1. The highest BCUT2D eigenvalue weighted by molar-refractivity contribution is 6.30. The zero-order valence-corrected chi connectivity index (χ0v) is 11.6. The Kier molecular flexibility index (Phi) is 4.39. The first-order valence-electron chi connectivity index (χ1n) is 6.04. The summed E-state index contributed by atoms with van der Waals surface area (Å²) in [4.78, 5) is 21.6. The van der Waals surface area contributed by atoms with E-state index >= 15 is 0 Å². The average molecular weight is 306 g/mol. The van der Waals surface area contributed by atoms with Crippen molar-refractivity contribution in [1.82, 2.24) is 0 Å². The van der Waals surface area contributed by atoms with Crippen LogP contribution in [0.1, 0.15) is 15.9 Å². The van der Waals surface area contributed by atoms with Gasteiger partial charge in [0.2, 0.25) is 5.91 Å². The van der Waals surface area contributed by atoms with Gasteiger partial charge in [0.15, 0.2) is 0 Å². The van der Waals surface area contributed by atoms with Gasteiger partial charge in [-0.3, -0.25) is 14.9 Å². The second-order valence-electron chi connectivity index (χ2n) is 4.33. The lowest BCUT2D eigenvalue weighted by molar-refractivity contribution is -0.385. The van der Waals surface area contributed by atoms with Gasteiger partial charge in [-0.2, -0.15) is 0 Å². The third kappa shape index (κ3) is 3.70. The number of nitrogens with two attached hydrogens (primary N) is 1. The van der Waals surface area contributed by atoms with Gasteiger partial charge in [-0.05, 0) is 30.3 Å². The number of nitro benzene ring substituents is 1. The molecule has 0 spiro atoms. The first kappa shape index (κ1) is 14.8. The minimum atomic E-state index is -0.535. The molecule has 0 aliphatic carbocycles. The topological polar surface area (TPSA) is 98.3 Å². The molecule has 0 atom stereocenters. The number of hydrogen-bond acceptors (Lipinski definition) is 4. The Bertz CT molecular complexity index is 704. The third-order valence-electron chi connectivity index (χ3n) is 2.87. The zero-order valence-electron chi connectivity index (χ0n) is 10.9. The van der Waals surface area contributed by atoms with Crippen LogP contribution in [0.4, 0.5) is 11.4 Å². The van der Waals surface area contributed by atoms with Crippen molar-refractivity contribution in [3.05, 3.63) is 68.7 Å². The van der Waals surface area contributed by atoms with Gasteiger partial charge in [0.05, 0.1) is 10.5 Å². The molecule has 0 aromatic heterocycles. The standard InChI is InChI=1S/C14H12ClN3O3/c15-11-4-5-13(18(20)21)10(6-11)8-17-12-3-1-2-9(7-12)14(16)19/h1-7,17H,8H2,(H2,16,19). The van der Waals surface area contributed by atoms with Crippen LogP contribution in [0.5, 0.6) is 0 Å². The summed E-state index contributed by atoms with van der Waals surface area (Å²) >= 11 is 5.86. The Balaban J connectivity index is 2.20. The molecule has 0 saturated carbocycles. The average Bonchev–Trinajstić information content (AvgIpc) is 2.45. The molecule has 7 heteroatoms. The summed E-state index contributed by atoms with van der Waals surface area (Å²) in [5.41, 5.74) is 6.64. The molecule has 108 valence electrons. The highest BCUT2D eigenvalue weighted by Gasteiger charge is 2.13. The third-order valence-corrected chi connectivity index (χ3v) is 3.10. The summed E-state index contributed by atoms with van der Waals surface area (Å²) in [6.07, 6.45) is 0. The van der Waals surface area contributed by atoms with Crippen molar-refractivity contribution in [2.45, 2.75) is 6.54 Å². The van der Waals surface area contributed by atoms with E-state index in [1.54, 1.807) is 24.3 Å². The van der Waals surface area contributed by atoms with E-state index in [4.69, 9.17) is 17.3 Å². The van der Waals surface area contributed by atoms with E-state index in [-0.39, 0.29) is 12.2 Å². The molecule has 2 rings (SSSR count). The normalized spacial score (nSPS) is 10.1. The highest BCUT2D eigenvalue weighted by Crippen LogP contribution is 2.23. The van der Waals surface area contributed by atoms with E-state index in [1.807, 2.05) is 0 Å². The quantitative estimate of drug-likeness (QED) is 0.655. The van der Waals surface area contributed by atoms with Gasteiger partial charge in [0.1, 0.15) is 0 Å². The van der Waals surface area contributed by atoms with Crippen molar-refractivity contribution in [2.75, 3.05) is 5.32 Å². The summed E-state index contributed by atoms with van der Waals surface area (Å²) in [5.74, 6) is -0.535. The van der Waals surface area contributed by atoms with Crippen LogP contribution in [0.25, 0.3) is 0 Å². The minimum Gasteiger partial charge on any atom is -0.381 e. The van der Waals surface area contributed by atoms with Crippen LogP contribution in [0, 0.1) is 10.1 Å². The van der Waals surface area contributed by atoms with Crippen LogP contribution in [0.2, 0.25) is 5.02 Å². The van der Waals surface area contributed by atoms with E-state index in [9.17, 15) is 14.9 Å². The summed E-state index contributed by atoms with van der Waals surface area (Å²) in [6, 6.07) is 11.0. The maximum Gasteiger partial charge on any atom is 0.274 e. The van der Waals surface area contributed by atoms with Gasteiger partial charge in [-0.25, -0.2) is 0 Å². The largest absolute Gasteiger partial charge is 0.381 e. The SMILES string of the molecule is NC(=O)c1cccc(NCc2cc(Cl)ccc2[N+](=O)[O-])c1. The monoisotopic (exact) mass is 305 g/mol. The first-order valence-corrected chi connectivity index (χ1v) is 6.42. The van der Waals surface area contributed by atoms with Crippen LogP contribution in [0.15, 0.2) is 42.5 Å². The number of primary amides is 1. The van der Waals surface area contributed by atoms with Crippen LogP contribution >= 0.6 is 11.6 Å². The Hall–Kier alpha value is -2.60. The molecule has 21 heavy (non-hydrogen) atoms. The maximum atomic E-state index is 11.1. The number of rotatable bonds is 5. The van der Waals surface area contributed by atoms with E-state index in [0.29, 0.717) is 21.8 Å². The van der Waals surface area contributed by atoms with E-state index < -0.39 is 10.8 Å². The summed E-state index contributed by atoms with van der Waals surface area (Å²) in [5, 5.41) is 14.4. The summed E-state index contributed by atoms with van der Waals surface area (Å²) < 4.78 is 0. The molecule has 2 aromatic rings. The van der Waals surface area contributed by atoms with Gasteiger partial charge < -0.3 is 11.1 Å². The van der Waals surface area contributed by atoms with Crippen molar-refractivity contribution in [1.29, 1.82) is 0 Å². The number of carbonyl (C=O) groups excluding carboxylic acids is 1. The fourth-order valence-electron chi connectivity index (χ4n) is 1.85. The number of hydrogen-bond donors (Lipinski definition) is 2. The van der Waals surface area contributed by atoms with Gasteiger partial charge in [-0.15, -0.1) is 0 Å². The van der Waals surface area contributed by atoms with Gasteiger partial charge in [0, 0.05) is 28.9 Å². The molecule has 0 saturated heterocycles. The van der Waals surface area contributed by atoms with Crippen molar-refractivity contribution in [2.24, 2.45) is 5.73 Å². The molecule has 0 unspecified atom stereocenters. The lowest BCUT2D eigenvalue weighted by Gasteiger charge is -2.08. The maximum absolute atomic E-state index is 11.1. The van der Waals surface area contributed by atoms with Crippen LogP contribution in [-0.2, 0) is 6.54 Å². The predicted octanol–water partition coefficient (Wildman–Crippen LogP) is 2.96. The lowest BCUT2D eigenvalue weighted by Crippen LogP contribution is -2.11. The highest BCUT2D eigenvalue weighted by atomic mass is 35.5. The molecule has 6 nitrogen and oxygen atoms in total. The molecular weight excluding hydrogens is 294 g/mol. The first-order chi connectivity index (χ1) is 9.97. The number of benzene rings is 2. The molecule has 0 heterocycles. The smallest absolute Gasteiger partial charge is 0.274 e. The number of carbonyl (C=O) groups is 1. The summed E-state index contributed by atoms with van der Waals surface area (Å²) in [7, 11) is 0. The fourth-order valence-corrected chi connectivity index (χ4v) is 2.05. The number of nitro groups is 1. The van der Waals surface area contributed by atoms with Crippen LogP contribution in [-0.4, -0.2) is 10.8 Å². The number of nitrogens with one attached hydrogen (secondary N) is 1. The van der Waals surface area contributed by atoms with Crippen molar-refractivity contribution >= 4 is 28.9 Å². The van der Waals surface area contributed by atoms with E-state index in [1.165, 1.54) is 18.2 Å². The zero-order chi connectivity index (χ0) is 15.4. The molecule has 0 fully saturated rings. The van der Waals surface area contributed by atoms with Gasteiger partial charge in [0.25, 0.3) is 5.69 Å². The van der Waals surface area contributed by atoms with Crippen molar-refractivity contribution in [3.63, 3.8) is 0 Å². The van der Waals surface area contributed by atoms with Crippen molar-refractivity contribution < 1.29 is 9.72 Å². The van der Waals surface area contributed by atoms with Crippen molar-refractivity contribution in [3.8, 4) is 0 Å². The van der Waals surface area contributed by atoms with Crippen LogP contribution < -0.4 is 11.1 Å². The Labute approximate surface area is 125 Å².